The minimum absolute atomic E-state index is 0.0392. The van der Waals surface area contributed by atoms with Crippen molar-refractivity contribution in [1.29, 1.82) is 5.26 Å². The number of anilines is 1. The van der Waals surface area contributed by atoms with Gasteiger partial charge in [-0.1, -0.05) is 13.8 Å². The van der Waals surface area contributed by atoms with Crippen molar-refractivity contribution >= 4 is 5.82 Å². The Bertz CT molecular complexity index is 818. The summed E-state index contributed by atoms with van der Waals surface area (Å²) in [6.07, 6.45) is 2.66. The van der Waals surface area contributed by atoms with Gasteiger partial charge in [0.1, 0.15) is 29.0 Å². The van der Waals surface area contributed by atoms with Crippen LogP contribution in [0.3, 0.4) is 0 Å². The van der Waals surface area contributed by atoms with E-state index >= 15 is 0 Å². The van der Waals surface area contributed by atoms with E-state index in [0.717, 1.165) is 31.4 Å². The van der Waals surface area contributed by atoms with Crippen molar-refractivity contribution in [1.82, 2.24) is 9.97 Å². The van der Waals surface area contributed by atoms with Crippen LogP contribution >= 0.6 is 0 Å². The molecule has 3 rings (SSSR count). The molecule has 0 aliphatic heterocycles. The lowest BCUT2D eigenvalue weighted by molar-refractivity contribution is 0.474. The third kappa shape index (κ3) is 3.92. The predicted molar refractivity (Wildman–Crippen MR) is 98.7 cm³/mol. The molecule has 1 heterocycles. The number of nitriles is 1. The van der Waals surface area contributed by atoms with Gasteiger partial charge in [-0.3, -0.25) is 0 Å². The molecular weight excluding hydrogens is 333 g/mol. The third-order valence-corrected chi connectivity index (χ3v) is 4.54. The number of hydrogen-bond acceptors (Lipinski definition) is 6. The smallest absolute Gasteiger partial charge is 0.165 e. The summed E-state index contributed by atoms with van der Waals surface area (Å²) in [6, 6.07) is 5.60. The first-order chi connectivity index (χ1) is 12.5. The molecule has 0 amide bonds. The summed E-state index contributed by atoms with van der Waals surface area (Å²) in [6.45, 7) is 4.59. The molecule has 5 N–H and O–H groups in total. The average Bonchev–Trinajstić information content (AvgIpc) is 3.14. The van der Waals surface area contributed by atoms with Crippen LogP contribution in [0.5, 0.6) is 5.75 Å². The highest BCUT2D eigenvalue weighted by molar-refractivity contribution is 5.67. The Morgan fingerprint density at radius 2 is 2.04 bits per heavy atom. The van der Waals surface area contributed by atoms with Gasteiger partial charge >= 0.3 is 0 Å². The number of halogens is 1. The fourth-order valence-electron chi connectivity index (χ4n) is 3.25. The highest BCUT2D eigenvalue weighted by atomic mass is 19.1. The molecule has 7 heteroatoms. The summed E-state index contributed by atoms with van der Waals surface area (Å²) in [5, 5.41) is 19.4. The summed E-state index contributed by atoms with van der Waals surface area (Å²) < 4.78 is 13.5. The zero-order chi connectivity index (χ0) is 19.3. The van der Waals surface area contributed by atoms with Crippen molar-refractivity contribution < 1.29 is 9.50 Å². The van der Waals surface area contributed by atoms with Crippen LogP contribution in [0.2, 0.25) is 0 Å². The van der Waals surface area contributed by atoms with Crippen LogP contribution in [0.25, 0.3) is 11.4 Å². The molecule has 6 nitrogen and oxygen atoms in total. The van der Waals surface area contributed by atoms with Gasteiger partial charge in [0, 0.05) is 5.92 Å². The molecule has 1 aromatic heterocycles. The molecule has 26 heavy (non-hydrogen) atoms. The van der Waals surface area contributed by atoms with Crippen LogP contribution in [0, 0.1) is 23.1 Å². The number of aromatic hydroxyl groups is 1. The molecule has 1 saturated carbocycles. The molecular formula is C19H24FN5O. The Hall–Kier alpha value is -2.72. The number of aromatic nitrogens is 2. The first-order valence-corrected chi connectivity index (χ1v) is 8.80. The van der Waals surface area contributed by atoms with Gasteiger partial charge in [-0.05, 0) is 49.9 Å². The van der Waals surface area contributed by atoms with Gasteiger partial charge in [0.2, 0.25) is 0 Å². The molecule has 1 aliphatic rings. The van der Waals surface area contributed by atoms with Crippen molar-refractivity contribution in [3.63, 3.8) is 0 Å². The number of phenolic OH excluding ortho intramolecular Hbond substituents is 1. The summed E-state index contributed by atoms with van der Waals surface area (Å²) in [5.41, 5.74) is 12.6. The fourth-order valence-corrected chi connectivity index (χ4v) is 3.25. The van der Waals surface area contributed by atoms with E-state index < -0.39 is 5.82 Å². The van der Waals surface area contributed by atoms with Crippen LogP contribution in [-0.2, 0) is 0 Å². The fraction of sp³-hybridized carbons (Fsp3) is 0.421. The number of hydrogen-bond donors (Lipinski definition) is 3. The summed E-state index contributed by atoms with van der Waals surface area (Å²) in [5.74, 6) is -0.0403. The molecule has 2 aromatic rings. The van der Waals surface area contributed by atoms with Crippen LogP contribution in [-0.4, -0.2) is 21.6 Å². The second-order valence-corrected chi connectivity index (χ2v) is 6.08. The number of nitrogens with two attached hydrogens (primary N) is 2. The van der Waals surface area contributed by atoms with Crippen LogP contribution < -0.4 is 11.5 Å². The molecule has 2 unspecified atom stereocenters. The van der Waals surface area contributed by atoms with E-state index in [1.807, 2.05) is 13.8 Å². The third-order valence-electron chi connectivity index (χ3n) is 4.54. The number of nitrogens with zero attached hydrogens (tertiary/aromatic N) is 3. The summed E-state index contributed by atoms with van der Waals surface area (Å²) in [4.78, 5) is 8.53. The van der Waals surface area contributed by atoms with E-state index in [0.29, 0.717) is 18.2 Å². The molecule has 138 valence electrons. The molecule has 2 atom stereocenters. The van der Waals surface area contributed by atoms with E-state index in [2.05, 4.69) is 16.0 Å². The molecule has 0 spiro atoms. The summed E-state index contributed by atoms with van der Waals surface area (Å²) in [7, 11) is 0. The van der Waals surface area contributed by atoms with E-state index in [-0.39, 0.29) is 34.4 Å². The van der Waals surface area contributed by atoms with Crippen molar-refractivity contribution in [3.05, 3.63) is 35.3 Å². The minimum atomic E-state index is -0.514. The first-order valence-electron chi connectivity index (χ1n) is 8.80. The highest BCUT2D eigenvalue weighted by Gasteiger charge is 2.29. The van der Waals surface area contributed by atoms with Gasteiger partial charge in [-0.15, -0.1) is 0 Å². The largest absolute Gasteiger partial charge is 0.507 e. The Morgan fingerprint density at radius 3 is 2.65 bits per heavy atom. The molecule has 0 bridgehead atoms. The number of benzene rings is 1. The van der Waals surface area contributed by atoms with Crippen molar-refractivity contribution in [2.45, 2.75) is 39.0 Å². The molecule has 1 aromatic carbocycles. The Balaban J connectivity index is 0.00000117. The predicted octanol–water partition coefficient (Wildman–Crippen LogP) is 3.31. The molecule has 1 aliphatic carbocycles. The SMILES string of the molecule is CC.N#Cc1c(N)nc(-c2cc(F)ccc2O)nc1C1CCC(CN)C1. The zero-order valence-electron chi connectivity index (χ0n) is 15.0. The van der Waals surface area contributed by atoms with E-state index in [1.54, 1.807) is 0 Å². The number of rotatable bonds is 3. The first kappa shape index (κ1) is 19.6. The maximum atomic E-state index is 13.5. The maximum Gasteiger partial charge on any atom is 0.165 e. The molecule has 1 fully saturated rings. The number of phenols is 1. The lowest BCUT2D eigenvalue weighted by atomic mass is 9.97. The molecule has 0 radical (unpaired) electrons. The van der Waals surface area contributed by atoms with Crippen molar-refractivity contribution in [3.8, 4) is 23.2 Å². The second kappa shape index (κ2) is 8.59. The normalized spacial score (nSPS) is 18.7. The number of nitrogen functional groups attached to an aromatic ring is 1. The lowest BCUT2D eigenvalue weighted by Gasteiger charge is -2.15. The monoisotopic (exact) mass is 357 g/mol. The van der Waals surface area contributed by atoms with E-state index in [9.17, 15) is 14.8 Å². The average molecular weight is 357 g/mol. The lowest BCUT2D eigenvalue weighted by Crippen LogP contribution is -2.12. The Labute approximate surface area is 152 Å². The molecule has 0 saturated heterocycles. The Kier molecular flexibility index (Phi) is 6.47. The van der Waals surface area contributed by atoms with Gasteiger partial charge in [-0.25, -0.2) is 14.4 Å². The highest BCUT2D eigenvalue weighted by Crippen LogP contribution is 2.40. The standard InChI is InChI=1S/C17H18FN5O.C2H6/c18-11-3-4-14(24)12(6-11)17-22-15(13(8-20)16(21)23-17)10-2-1-9(5-10)7-19;1-2/h3-4,6,9-10,24H,1-2,5,7,19H2,(H2,21,22,23);1-2H3. The van der Waals surface area contributed by atoms with E-state index in [1.165, 1.54) is 6.07 Å². The Morgan fingerprint density at radius 1 is 1.31 bits per heavy atom. The summed E-state index contributed by atoms with van der Waals surface area (Å²) >= 11 is 0. The van der Waals surface area contributed by atoms with Gasteiger partial charge in [0.25, 0.3) is 0 Å². The van der Waals surface area contributed by atoms with Crippen molar-refractivity contribution in [2.24, 2.45) is 11.7 Å². The zero-order valence-corrected chi connectivity index (χ0v) is 15.0. The quantitative estimate of drug-likeness (QED) is 0.774. The topological polar surface area (TPSA) is 122 Å². The van der Waals surface area contributed by atoms with Gasteiger partial charge in [-0.2, -0.15) is 5.26 Å². The van der Waals surface area contributed by atoms with E-state index in [4.69, 9.17) is 11.5 Å². The van der Waals surface area contributed by atoms with Gasteiger partial charge < -0.3 is 16.6 Å². The van der Waals surface area contributed by atoms with Crippen molar-refractivity contribution in [2.75, 3.05) is 12.3 Å². The van der Waals surface area contributed by atoms with Crippen LogP contribution in [0.1, 0.15) is 50.3 Å². The van der Waals surface area contributed by atoms with Gasteiger partial charge in [0.05, 0.1) is 11.3 Å². The minimum Gasteiger partial charge on any atom is -0.507 e. The second-order valence-electron chi connectivity index (χ2n) is 6.08. The van der Waals surface area contributed by atoms with Crippen LogP contribution in [0.4, 0.5) is 10.2 Å². The maximum absolute atomic E-state index is 13.5. The van der Waals surface area contributed by atoms with Crippen LogP contribution in [0.15, 0.2) is 18.2 Å². The van der Waals surface area contributed by atoms with Gasteiger partial charge in [0.15, 0.2) is 5.82 Å².